The molecule has 1 aromatic heterocycles. The lowest BCUT2D eigenvalue weighted by Crippen LogP contribution is -2.30. The predicted molar refractivity (Wildman–Crippen MR) is 73.0 cm³/mol. The maximum Gasteiger partial charge on any atom is 0.305 e. The minimum Gasteiger partial charge on any atom is -0.469 e. The maximum absolute atomic E-state index is 12.3. The second-order valence-electron chi connectivity index (χ2n) is 4.80. The third kappa shape index (κ3) is 4.12. The minimum absolute atomic E-state index is 0.0245. The van der Waals surface area contributed by atoms with Crippen molar-refractivity contribution < 1.29 is 14.3 Å². The number of amides is 1. The molecular formula is C14H22N2O3. The van der Waals surface area contributed by atoms with E-state index in [0.717, 1.165) is 0 Å². The number of aromatic nitrogens is 1. The predicted octanol–water partition coefficient (Wildman–Crippen LogP) is 2.09. The van der Waals surface area contributed by atoms with Gasteiger partial charge >= 0.3 is 5.97 Å². The topological polar surface area (TPSA) is 51.5 Å². The molecule has 0 aliphatic rings. The molecule has 5 nitrogen and oxygen atoms in total. The Bertz CT molecular complexity index is 438. The van der Waals surface area contributed by atoms with Gasteiger partial charge < -0.3 is 14.2 Å². The highest BCUT2D eigenvalue weighted by Gasteiger charge is 2.16. The highest BCUT2D eigenvalue weighted by Crippen LogP contribution is 2.13. The van der Waals surface area contributed by atoms with Crippen molar-refractivity contribution in [1.29, 1.82) is 0 Å². The Kier molecular flexibility index (Phi) is 5.60. The zero-order valence-corrected chi connectivity index (χ0v) is 12.0. The van der Waals surface area contributed by atoms with E-state index in [1.165, 1.54) is 7.11 Å². The lowest BCUT2D eigenvalue weighted by molar-refractivity contribution is -0.140. The van der Waals surface area contributed by atoms with E-state index in [9.17, 15) is 9.59 Å². The molecule has 1 amide bonds. The number of methoxy groups -OCH3 is 1. The van der Waals surface area contributed by atoms with Gasteiger partial charge in [-0.25, -0.2) is 0 Å². The van der Waals surface area contributed by atoms with Gasteiger partial charge in [0.15, 0.2) is 0 Å². The molecule has 106 valence electrons. The zero-order valence-electron chi connectivity index (χ0n) is 12.0. The van der Waals surface area contributed by atoms with Crippen LogP contribution >= 0.6 is 0 Å². The first-order valence-electron chi connectivity index (χ1n) is 6.46. The number of hydrogen-bond acceptors (Lipinski definition) is 3. The van der Waals surface area contributed by atoms with Crippen LogP contribution in [0.25, 0.3) is 0 Å². The van der Waals surface area contributed by atoms with Gasteiger partial charge in [0.05, 0.1) is 7.11 Å². The first-order chi connectivity index (χ1) is 8.97. The second-order valence-corrected chi connectivity index (χ2v) is 4.80. The van der Waals surface area contributed by atoms with Crippen LogP contribution in [0.2, 0.25) is 0 Å². The minimum atomic E-state index is -0.244. The molecule has 1 heterocycles. The van der Waals surface area contributed by atoms with Crippen LogP contribution in [-0.2, 0) is 9.53 Å². The summed E-state index contributed by atoms with van der Waals surface area (Å²) in [7, 11) is 3.12. The van der Waals surface area contributed by atoms with Gasteiger partial charge in [0.1, 0.15) is 5.69 Å². The Morgan fingerprint density at radius 3 is 2.68 bits per heavy atom. The fourth-order valence-electron chi connectivity index (χ4n) is 1.89. The van der Waals surface area contributed by atoms with Crippen molar-refractivity contribution in [2.75, 3.05) is 20.7 Å². The second kappa shape index (κ2) is 6.97. The third-order valence-corrected chi connectivity index (χ3v) is 3.00. The van der Waals surface area contributed by atoms with Crippen LogP contribution in [0.1, 0.15) is 43.2 Å². The van der Waals surface area contributed by atoms with Crippen LogP contribution in [0.4, 0.5) is 0 Å². The molecule has 0 saturated carbocycles. The first-order valence-corrected chi connectivity index (χ1v) is 6.46. The molecule has 0 saturated heterocycles. The van der Waals surface area contributed by atoms with Crippen LogP contribution in [0.3, 0.4) is 0 Å². The highest BCUT2D eigenvalue weighted by atomic mass is 16.5. The molecule has 0 aliphatic carbocycles. The fourth-order valence-corrected chi connectivity index (χ4v) is 1.89. The Labute approximate surface area is 114 Å². The summed E-state index contributed by atoms with van der Waals surface area (Å²) in [4.78, 5) is 24.9. The van der Waals surface area contributed by atoms with E-state index in [1.54, 1.807) is 11.9 Å². The van der Waals surface area contributed by atoms with Gasteiger partial charge in [-0.2, -0.15) is 0 Å². The first kappa shape index (κ1) is 15.3. The monoisotopic (exact) mass is 266 g/mol. The molecule has 0 aliphatic heterocycles. The van der Waals surface area contributed by atoms with Gasteiger partial charge in [-0.15, -0.1) is 0 Å². The quantitative estimate of drug-likeness (QED) is 0.741. The van der Waals surface area contributed by atoms with Crippen molar-refractivity contribution in [2.24, 2.45) is 0 Å². The fraction of sp³-hybridized carbons (Fsp3) is 0.571. The van der Waals surface area contributed by atoms with E-state index in [-0.39, 0.29) is 17.9 Å². The summed E-state index contributed by atoms with van der Waals surface area (Å²) in [6.45, 7) is 4.61. The Morgan fingerprint density at radius 1 is 1.42 bits per heavy atom. The number of carbonyl (C=O) groups is 2. The molecule has 1 rings (SSSR count). The van der Waals surface area contributed by atoms with E-state index < -0.39 is 0 Å². The standard InChI is InChI=1S/C14H22N2O3/c1-11(2)16-10-5-7-12(16)14(18)15(3)9-6-8-13(17)19-4/h5,7,10-11H,6,8-9H2,1-4H3. The van der Waals surface area contributed by atoms with Crippen LogP contribution < -0.4 is 0 Å². The molecule has 0 N–H and O–H groups in total. The van der Waals surface area contributed by atoms with E-state index in [4.69, 9.17) is 0 Å². The van der Waals surface area contributed by atoms with Crippen molar-refractivity contribution in [3.05, 3.63) is 24.0 Å². The van der Waals surface area contributed by atoms with Crippen LogP contribution in [-0.4, -0.2) is 42.0 Å². The van der Waals surface area contributed by atoms with Gasteiger partial charge in [-0.1, -0.05) is 0 Å². The smallest absolute Gasteiger partial charge is 0.305 e. The summed E-state index contributed by atoms with van der Waals surface area (Å²) in [6.07, 6.45) is 2.84. The maximum atomic E-state index is 12.3. The van der Waals surface area contributed by atoms with E-state index in [2.05, 4.69) is 4.74 Å². The van der Waals surface area contributed by atoms with Crippen molar-refractivity contribution >= 4 is 11.9 Å². The Hall–Kier alpha value is -1.78. The van der Waals surface area contributed by atoms with E-state index in [0.29, 0.717) is 25.1 Å². The van der Waals surface area contributed by atoms with Crippen LogP contribution in [0, 0.1) is 0 Å². The molecule has 0 atom stereocenters. The summed E-state index contributed by atoms with van der Waals surface area (Å²) in [6, 6.07) is 3.94. The van der Waals surface area contributed by atoms with E-state index >= 15 is 0 Å². The SMILES string of the molecule is COC(=O)CCCN(C)C(=O)c1cccn1C(C)C. The molecule has 0 bridgehead atoms. The lowest BCUT2D eigenvalue weighted by atomic mass is 10.2. The zero-order chi connectivity index (χ0) is 14.4. The van der Waals surface area contributed by atoms with Crippen LogP contribution in [0.15, 0.2) is 18.3 Å². The Morgan fingerprint density at radius 2 is 2.11 bits per heavy atom. The molecule has 0 aromatic carbocycles. The summed E-state index contributed by atoms with van der Waals surface area (Å²) in [5, 5.41) is 0. The molecular weight excluding hydrogens is 244 g/mol. The van der Waals surface area contributed by atoms with Gasteiger partial charge in [0.2, 0.25) is 0 Å². The lowest BCUT2D eigenvalue weighted by Gasteiger charge is -2.19. The van der Waals surface area contributed by atoms with Gasteiger partial charge in [-0.3, -0.25) is 9.59 Å². The molecule has 0 fully saturated rings. The molecule has 1 aromatic rings. The molecule has 0 unspecified atom stereocenters. The largest absolute Gasteiger partial charge is 0.469 e. The molecule has 19 heavy (non-hydrogen) atoms. The van der Waals surface area contributed by atoms with Gasteiger partial charge in [0, 0.05) is 32.3 Å². The molecule has 5 heteroatoms. The van der Waals surface area contributed by atoms with Crippen molar-refractivity contribution in [2.45, 2.75) is 32.7 Å². The number of carbonyl (C=O) groups excluding carboxylic acids is 2. The number of ether oxygens (including phenoxy) is 1. The third-order valence-electron chi connectivity index (χ3n) is 3.00. The van der Waals surface area contributed by atoms with Crippen molar-refractivity contribution in [3.8, 4) is 0 Å². The van der Waals surface area contributed by atoms with E-state index in [1.807, 2.05) is 36.7 Å². The summed E-state index contributed by atoms with van der Waals surface area (Å²) < 4.78 is 6.51. The average Bonchev–Trinajstić information content (AvgIpc) is 2.86. The van der Waals surface area contributed by atoms with Gasteiger partial charge in [0.25, 0.3) is 5.91 Å². The highest BCUT2D eigenvalue weighted by molar-refractivity contribution is 5.92. The van der Waals surface area contributed by atoms with Crippen molar-refractivity contribution in [3.63, 3.8) is 0 Å². The average molecular weight is 266 g/mol. The van der Waals surface area contributed by atoms with Gasteiger partial charge in [-0.05, 0) is 32.4 Å². The van der Waals surface area contributed by atoms with Crippen LogP contribution in [0.5, 0.6) is 0 Å². The van der Waals surface area contributed by atoms with Crippen molar-refractivity contribution in [1.82, 2.24) is 9.47 Å². The number of rotatable bonds is 6. The number of esters is 1. The summed E-state index contributed by atoms with van der Waals surface area (Å²) in [5.74, 6) is -0.269. The molecule has 0 radical (unpaired) electrons. The number of hydrogen-bond donors (Lipinski definition) is 0. The number of nitrogens with zero attached hydrogens (tertiary/aromatic N) is 2. The Balaban J connectivity index is 2.57. The normalized spacial score (nSPS) is 10.6. The molecule has 0 spiro atoms. The summed E-state index contributed by atoms with van der Waals surface area (Å²) in [5.41, 5.74) is 0.676. The summed E-state index contributed by atoms with van der Waals surface area (Å²) >= 11 is 0.